The molecule has 1 unspecified atom stereocenters. The number of pyridine rings is 1. The maximum absolute atomic E-state index is 12.8. The number of benzene rings is 1. The van der Waals surface area contributed by atoms with Crippen LogP contribution in [0.1, 0.15) is 39.0 Å². The van der Waals surface area contributed by atoms with Gasteiger partial charge in [0.25, 0.3) is 11.8 Å². The highest BCUT2D eigenvalue weighted by atomic mass is 16.5. The van der Waals surface area contributed by atoms with Crippen LogP contribution in [0.15, 0.2) is 42.5 Å². The fraction of sp³-hybridized carbons (Fsp3) is 0.381. The van der Waals surface area contributed by atoms with Gasteiger partial charge in [0.05, 0.1) is 13.2 Å². The van der Waals surface area contributed by atoms with E-state index in [0.29, 0.717) is 36.1 Å². The Kier molecular flexibility index (Phi) is 4.90. The second-order valence-corrected chi connectivity index (χ2v) is 7.12. The van der Waals surface area contributed by atoms with Crippen LogP contribution in [0.2, 0.25) is 0 Å². The Balaban J connectivity index is 1.57. The summed E-state index contributed by atoms with van der Waals surface area (Å²) in [6.07, 6.45) is 0.566. The largest absolute Gasteiger partial charge is 0.381 e. The van der Waals surface area contributed by atoms with Crippen molar-refractivity contribution in [1.82, 2.24) is 15.6 Å². The molecule has 1 aromatic heterocycles. The molecule has 2 aliphatic rings. The molecule has 1 aliphatic heterocycles. The lowest BCUT2D eigenvalue weighted by Gasteiger charge is -2.11. The van der Waals surface area contributed by atoms with Crippen molar-refractivity contribution in [1.29, 1.82) is 0 Å². The molecule has 3 atom stereocenters. The Morgan fingerprint density at radius 1 is 1.11 bits per heavy atom. The summed E-state index contributed by atoms with van der Waals surface area (Å²) < 4.78 is 5.37. The molecule has 0 bridgehead atoms. The summed E-state index contributed by atoms with van der Waals surface area (Å²) in [5, 5.41) is 5.84. The van der Waals surface area contributed by atoms with E-state index < -0.39 is 0 Å². The van der Waals surface area contributed by atoms with Crippen molar-refractivity contribution in [2.24, 2.45) is 11.8 Å². The number of carbonyl (C=O) groups is 2. The van der Waals surface area contributed by atoms with Gasteiger partial charge >= 0.3 is 0 Å². The average Bonchev–Trinajstić information content (AvgIpc) is 3.10. The lowest BCUT2D eigenvalue weighted by atomic mass is 10.1. The number of nitrogens with one attached hydrogen (secondary N) is 2. The molecule has 0 spiro atoms. The van der Waals surface area contributed by atoms with E-state index in [9.17, 15) is 9.59 Å². The molecule has 2 fully saturated rings. The minimum Gasteiger partial charge on any atom is -0.381 e. The van der Waals surface area contributed by atoms with Crippen molar-refractivity contribution < 1.29 is 14.3 Å². The Bertz CT molecular complexity index is 843. The predicted molar refractivity (Wildman–Crippen MR) is 101 cm³/mol. The maximum atomic E-state index is 12.8. The van der Waals surface area contributed by atoms with Crippen LogP contribution >= 0.6 is 0 Å². The van der Waals surface area contributed by atoms with E-state index in [-0.39, 0.29) is 23.6 Å². The van der Waals surface area contributed by atoms with Crippen molar-refractivity contribution in [3.8, 4) is 0 Å². The summed E-state index contributed by atoms with van der Waals surface area (Å²) in [6, 6.07) is 13.4. The zero-order valence-corrected chi connectivity index (χ0v) is 15.3. The molecule has 6 nitrogen and oxygen atoms in total. The van der Waals surface area contributed by atoms with Gasteiger partial charge < -0.3 is 15.4 Å². The molecule has 1 aliphatic carbocycles. The second kappa shape index (κ2) is 7.48. The molecule has 0 radical (unpaired) electrons. The van der Waals surface area contributed by atoms with Gasteiger partial charge in [0.1, 0.15) is 5.69 Å². The van der Waals surface area contributed by atoms with E-state index in [0.717, 1.165) is 18.8 Å². The van der Waals surface area contributed by atoms with E-state index in [1.165, 1.54) is 0 Å². The van der Waals surface area contributed by atoms with Crippen molar-refractivity contribution in [3.05, 3.63) is 65.0 Å². The molecule has 4 rings (SSSR count). The minimum atomic E-state index is -0.266. The molecule has 2 aromatic rings. The number of rotatable bonds is 6. The highest BCUT2D eigenvalue weighted by molar-refractivity contribution is 5.99. The monoisotopic (exact) mass is 365 g/mol. The molecule has 1 aromatic carbocycles. The highest BCUT2D eigenvalue weighted by Gasteiger charge is 2.54. The molecule has 2 N–H and O–H groups in total. The van der Waals surface area contributed by atoms with Crippen LogP contribution in [0.3, 0.4) is 0 Å². The molecule has 2 heterocycles. The molecular formula is C21H23N3O3. The van der Waals surface area contributed by atoms with Crippen molar-refractivity contribution in [3.63, 3.8) is 0 Å². The van der Waals surface area contributed by atoms with Crippen molar-refractivity contribution in [2.45, 2.75) is 19.4 Å². The first-order valence-corrected chi connectivity index (χ1v) is 9.37. The predicted octanol–water partition coefficient (Wildman–Crippen LogP) is 1.80. The van der Waals surface area contributed by atoms with Crippen LogP contribution in [-0.2, 0) is 11.2 Å². The Labute approximate surface area is 158 Å². The SMILES string of the molecule is CCNC(=O)c1cc(C(=O)NC2[C@H]3COC[C@@H]23)cc(Cc2ccccc2)n1. The Morgan fingerprint density at radius 3 is 2.56 bits per heavy atom. The summed E-state index contributed by atoms with van der Waals surface area (Å²) in [4.78, 5) is 29.5. The second-order valence-electron chi connectivity index (χ2n) is 7.12. The number of hydrogen-bond acceptors (Lipinski definition) is 4. The molecule has 1 saturated heterocycles. The van der Waals surface area contributed by atoms with E-state index in [4.69, 9.17) is 4.74 Å². The van der Waals surface area contributed by atoms with E-state index >= 15 is 0 Å². The van der Waals surface area contributed by atoms with Gasteiger partial charge in [0, 0.05) is 42.1 Å². The van der Waals surface area contributed by atoms with Crippen molar-refractivity contribution >= 4 is 11.8 Å². The van der Waals surface area contributed by atoms with E-state index in [1.54, 1.807) is 12.1 Å². The fourth-order valence-electron chi connectivity index (χ4n) is 3.67. The number of aromatic nitrogens is 1. The molecule has 1 saturated carbocycles. The number of ether oxygens (including phenoxy) is 1. The fourth-order valence-corrected chi connectivity index (χ4v) is 3.67. The summed E-state index contributed by atoms with van der Waals surface area (Å²) in [7, 11) is 0. The zero-order valence-electron chi connectivity index (χ0n) is 15.3. The van der Waals surface area contributed by atoms with Crippen LogP contribution in [0.5, 0.6) is 0 Å². The van der Waals surface area contributed by atoms with Crippen LogP contribution in [0.4, 0.5) is 0 Å². The lowest BCUT2D eigenvalue weighted by molar-refractivity contribution is 0.0928. The number of fused-ring (bicyclic) bond motifs is 1. The molecule has 2 amide bonds. The topological polar surface area (TPSA) is 80.3 Å². The first kappa shape index (κ1) is 17.7. The first-order valence-electron chi connectivity index (χ1n) is 9.37. The summed E-state index contributed by atoms with van der Waals surface area (Å²) in [5.41, 5.74) is 2.53. The van der Waals surface area contributed by atoms with E-state index in [2.05, 4.69) is 15.6 Å². The normalized spacial score (nSPS) is 22.8. The molecular weight excluding hydrogens is 342 g/mol. The first-order chi connectivity index (χ1) is 13.2. The molecule has 6 heteroatoms. The minimum absolute atomic E-state index is 0.156. The van der Waals surface area contributed by atoms with Gasteiger partial charge in [-0.1, -0.05) is 30.3 Å². The van der Waals surface area contributed by atoms with Crippen LogP contribution in [0.25, 0.3) is 0 Å². The molecule has 27 heavy (non-hydrogen) atoms. The smallest absolute Gasteiger partial charge is 0.269 e. The van der Waals surface area contributed by atoms with Crippen LogP contribution in [-0.4, -0.2) is 42.6 Å². The number of amides is 2. The third-order valence-corrected chi connectivity index (χ3v) is 5.19. The lowest BCUT2D eigenvalue weighted by Crippen LogP contribution is -2.31. The highest BCUT2D eigenvalue weighted by Crippen LogP contribution is 2.44. The van der Waals surface area contributed by atoms with Gasteiger partial charge in [-0.15, -0.1) is 0 Å². The number of hydrogen-bond donors (Lipinski definition) is 2. The van der Waals surface area contributed by atoms with Crippen LogP contribution in [0, 0.1) is 11.8 Å². The number of nitrogens with zero attached hydrogens (tertiary/aromatic N) is 1. The summed E-state index contributed by atoms with van der Waals surface area (Å²) in [5.74, 6) is 0.444. The van der Waals surface area contributed by atoms with Gasteiger partial charge in [-0.25, -0.2) is 4.98 Å². The number of carbonyl (C=O) groups excluding carboxylic acids is 2. The van der Waals surface area contributed by atoms with E-state index in [1.807, 2.05) is 37.3 Å². The Morgan fingerprint density at radius 2 is 1.85 bits per heavy atom. The maximum Gasteiger partial charge on any atom is 0.269 e. The third-order valence-electron chi connectivity index (χ3n) is 5.19. The van der Waals surface area contributed by atoms with Crippen LogP contribution < -0.4 is 10.6 Å². The van der Waals surface area contributed by atoms with Gasteiger partial charge in [-0.2, -0.15) is 0 Å². The molecule has 140 valence electrons. The summed E-state index contributed by atoms with van der Waals surface area (Å²) in [6.45, 7) is 3.80. The van der Waals surface area contributed by atoms with Crippen molar-refractivity contribution in [2.75, 3.05) is 19.8 Å². The quantitative estimate of drug-likeness (QED) is 0.818. The van der Waals surface area contributed by atoms with Gasteiger partial charge in [-0.3, -0.25) is 9.59 Å². The Hall–Kier alpha value is -2.73. The zero-order chi connectivity index (χ0) is 18.8. The van der Waals surface area contributed by atoms with Gasteiger partial charge in [0.2, 0.25) is 0 Å². The third kappa shape index (κ3) is 3.85. The van der Waals surface area contributed by atoms with Gasteiger partial charge in [0.15, 0.2) is 0 Å². The average molecular weight is 365 g/mol. The van der Waals surface area contributed by atoms with Gasteiger partial charge in [-0.05, 0) is 24.6 Å². The summed E-state index contributed by atoms with van der Waals surface area (Å²) >= 11 is 0. The standard InChI is InChI=1S/C21H23N3O3/c1-2-22-21(26)18-10-14(20(25)24-19-16-11-27-12-17(16)19)9-15(23-18)8-13-6-4-3-5-7-13/h3-7,9-10,16-17,19H,2,8,11-12H2,1H3,(H,22,26)(H,24,25)/t16-,17+,19?.